The molecule has 6 nitrogen and oxygen atoms in total. The first-order valence-corrected chi connectivity index (χ1v) is 7.38. The molecule has 24 heavy (non-hydrogen) atoms. The van der Waals surface area contributed by atoms with E-state index in [0.717, 1.165) is 5.56 Å². The van der Waals surface area contributed by atoms with Crippen LogP contribution in [0.15, 0.2) is 42.5 Å². The highest BCUT2D eigenvalue weighted by molar-refractivity contribution is 6.06. The molecule has 0 radical (unpaired) electrons. The maximum atomic E-state index is 12.5. The molecule has 0 saturated heterocycles. The molecular weight excluding hydrogens is 308 g/mol. The van der Waals surface area contributed by atoms with Crippen molar-refractivity contribution in [1.82, 2.24) is 5.32 Å². The summed E-state index contributed by atoms with van der Waals surface area (Å²) in [5.74, 6) is -0.0559. The standard InChI is InChI=1S/C18H20N2O4/c1-19-17(21)14-7-8-16(24-3)15(10-14)20-18(22)13-6-4-5-12(9-13)11-23-2/h4-10H,11H2,1-3H3,(H,19,21)(H,20,22). The summed E-state index contributed by atoms with van der Waals surface area (Å²) in [6.45, 7) is 0.427. The minimum Gasteiger partial charge on any atom is -0.495 e. The van der Waals surface area contributed by atoms with Crippen LogP contribution in [0.2, 0.25) is 0 Å². The molecule has 126 valence electrons. The maximum absolute atomic E-state index is 12.5. The minimum atomic E-state index is -0.291. The Morgan fingerprint density at radius 1 is 1.00 bits per heavy atom. The van der Waals surface area contributed by atoms with E-state index in [1.54, 1.807) is 50.6 Å². The smallest absolute Gasteiger partial charge is 0.255 e. The predicted molar refractivity (Wildman–Crippen MR) is 91.5 cm³/mol. The summed E-state index contributed by atoms with van der Waals surface area (Å²) in [7, 11) is 4.65. The number of benzene rings is 2. The van der Waals surface area contributed by atoms with Gasteiger partial charge in [-0.05, 0) is 35.9 Å². The van der Waals surface area contributed by atoms with Crippen molar-refractivity contribution in [3.05, 3.63) is 59.2 Å². The molecule has 0 aliphatic rings. The largest absolute Gasteiger partial charge is 0.495 e. The number of nitrogens with one attached hydrogen (secondary N) is 2. The molecule has 0 saturated carbocycles. The van der Waals surface area contributed by atoms with E-state index in [4.69, 9.17) is 9.47 Å². The molecule has 2 amide bonds. The molecule has 6 heteroatoms. The summed E-state index contributed by atoms with van der Waals surface area (Å²) in [4.78, 5) is 24.2. The highest BCUT2D eigenvalue weighted by Crippen LogP contribution is 2.26. The Morgan fingerprint density at radius 3 is 2.42 bits per heavy atom. The normalized spacial score (nSPS) is 10.1. The third-order valence-corrected chi connectivity index (χ3v) is 3.44. The van der Waals surface area contributed by atoms with E-state index in [1.165, 1.54) is 7.11 Å². The number of hydrogen-bond donors (Lipinski definition) is 2. The van der Waals surface area contributed by atoms with Crippen LogP contribution < -0.4 is 15.4 Å². The average Bonchev–Trinajstić information content (AvgIpc) is 2.61. The first-order valence-electron chi connectivity index (χ1n) is 7.38. The minimum absolute atomic E-state index is 0.241. The number of amides is 2. The van der Waals surface area contributed by atoms with Crippen molar-refractivity contribution in [3.63, 3.8) is 0 Å². The van der Waals surface area contributed by atoms with Gasteiger partial charge in [0.2, 0.25) is 0 Å². The molecule has 0 bridgehead atoms. The van der Waals surface area contributed by atoms with E-state index in [-0.39, 0.29) is 11.8 Å². The number of anilines is 1. The average molecular weight is 328 g/mol. The van der Waals surface area contributed by atoms with Gasteiger partial charge in [-0.15, -0.1) is 0 Å². The number of hydrogen-bond acceptors (Lipinski definition) is 4. The van der Waals surface area contributed by atoms with Crippen molar-refractivity contribution in [1.29, 1.82) is 0 Å². The van der Waals surface area contributed by atoms with Gasteiger partial charge in [0.05, 0.1) is 19.4 Å². The van der Waals surface area contributed by atoms with Gasteiger partial charge >= 0.3 is 0 Å². The van der Waals surface area contributed by atoms with Crippen LogP contribution in [0, 0.1) is 0 Å². The quantitative estimate of drug-likeness (QED) is 0.854. The van der Waals surface area contributed by atoms with Crippen LogP contribution in [0.3, 0.4) is 0 Å². The molecular formula is C18H20N2O4. The van der Waals surface area contributed by atoms with E-state index >= 15 is 0 Å². The van der Waals surface area contributed by atoms with Gasteiger partial charge in [-0.2, -0.15) is 0 Å². The summed E-state index contributed by atoms with van der Waals surface area (Å²) in [6.07, 6.45) is 0. The molecule has 2 aromatic carbocycles. The molecule has 0 aromatic heterocycles. The second kappa shape index (κ2) is 8.12. The van der Waals surface area contributed by atoms with Gasteiger partial charge in [0.15, 0.2) is 0 Å². The van der Waals surface area contributed by atoms with Crippen molar-refractivity contribution in [2.45, 2.75) is 6.61 Å². The molecule has 0 aliphatic carbocycles. The zero-order chi connectivity index (χ0) is 17.5. The van der Waals surface area contributed by atoms with Crippen molar-refractivity contribution < 1.29 is 19.1 Å². The number of ether oxygens (including phenoxy) is 2. The summed E-state index contributed by atoms with van der Waals surface area (Å²) < 4.78 is 10.3. The Labute approximate surface area is 140 Å². The Morgan fingerprint density at radius 2 is 1.75 bits per heavy atom. The van der Waals surface area contributed by atoms with Crippen molar-refractivity contribution >= 4 is 17.5 Å². The van der Waals surface area contributed by atoms with Gasteiger partial charge in [-0.3, -0.25) is 9.59 Å². The highest BCUT2D eigenvalue weighted by atomic mass is 16.5. The van der Waals surface area contributed by atoms with Crippen molar-refractivity contribution in [2.75, 3.05) is 26.6 Å². The number of methoxy groups -OCH3 is 2. The van der Waals surface area contributed by atoms with Gasteiger partial charge < -0.3 is 20.1 Å². The molecule has 2 N–H and O–H groups in total. The Hall–Kier alpha value is -2.86. The number of carbonyl (C=O) groups is 2. The van der Waals surface area contributed by atoms with Crippen LogP contribution >= 0.6 is 0 Å². The summed E-state index contributed by atoms with van der Waals surface area (Å²) in [6, 6.07) is 12.0. The van der Waals surface area contributed by atoms with Crippen LogP contribution in [-0.4, -0.2) is 33.1 Å². The van der Waals surface area contributed by atoms with Crippen molar-refractivity contribution in [2.24, 2.45) is 0 Å². The van der Waals surface area contributed by atoms with Crippen LogP contribution in [0.1, 0.15) is 26.3 Å². The van der Waals surface area contributed by atoms with Gasteiger partial charge in [0.1, 0.15) is 5.75 Å². The first kappa shape index (κ1) is 17.5. The molecule has 0 heterocycles. The fourth-order valence-corrected chi connectivity index (χ4v) is 2.25. The van der Waals surface area contributed by atoms with E-state index in [9.17, 15) is 9.59 Å². The van der Waals surface area contributed by atoms with Gasteiger partial charge in [-0.25, -0.2) is 0 Å². The van der Waals surface area contributed by atoms with E-state index < -0.39 is 0 Å². The highest BCUT2D eigenvalue weighted by Gasteiger charge is 2.13. The monoisotopic (exact) mass is 328 g/mol. The maximum Gasteiger partial charge on any atom is 0.255 e. The molecule has 0 aliphatic heterocycles. The second-order valence-electron chi connectivity index (χ2n) is 5.08. The fraction of sp³-hybridized carbons (Fsp3) is 0.222. The fourth-order valence-electron chi connectivity index (χ4n) is 2.25. The van der Waals surface area contributed by atoms with Gasteiger partial charge in [0, 0.05) is 25.3 Å². The van der Waals surface area contributed by atoms with Gasteiger partial charge in [-0.1, -0.05) is 12.1 Å². The zero-order valence-corrected chi connectivity index (χ0v) is 13.9. The first-order chi connectivity index (χ1) is 11.6. The van der Waals surface area contributed by atoms with E-state index in [2.05, 4.69) is 10.6 Å². The summed E-state index contributed by atoms with van der Waals surface area (Å²) in [5.41, 5.74) is 2.26. The number of carbonyl (C=O) groups excluding carboxylic acids is 2. The third-order valence-electron chi connectivity index (χ3n) is 3.44. The molecule has 2 rings (SSSR count). The predicted octanol–water partition coefficient (Wildman–Crippen LogP) is 2.45. The van der Waals surface area contributed by atoms with Gasteiger partial charge in [0.25, 0.3) is 11.8 Å². The summed E-state index contributed by atoms with van der Waals surface area (Å²) >= 11 is 0. The van der Waals surface area contributed by atoms with Crippen molar-refractivity contribution in [3.8, 4) is 5.75 Å². The lowest BCUT2D eigenvalue weighted by Gasteiger charge is -2.12. The zero-order valence-electron chi connectivity index (χ0n) is 13.9. The van der Waals surface area contributed by atoms with Crippen LogP contribution in [0.5, 0.6) is 5.75 Å². The van der Waals surface area contributed by atoms with E-state index in [0.29, 0.717) is 29.2 Å². The van der Waals surface area contributed by atoms with Crippen LogP contribution in [0.4, 0.5) is 5.69 Å². The lowest BCUT2D eigenvalue weighted by Crippen LogP contribution is -2.19. The topological polar surface area (TPSA) is 76.7 Å². The Kier molecular flexibility index (Phi) is 5.92. The molecule has 0 fully saturated rings. The van der Waals surface area contributed by atoms with Crippen LogP contribution in [0.25, 0.3) is 0 Å². The van der Waals surface area contributed by atoms with Crippen LogP contribution in [-0.2, 0) is 11.3 Å². The Balaban J connectivity index is 2.27. The lowest BCUT2D eigenvalue weighted by atomic mass is 10.1. The molecule has 0 spiro atoms. The SMILES string of the molecule is CNC(=O)c1ccc(OC)c(NC(=O)c2cccc(COC)c2)c1. The summed E-state index contributed by atoms with van der Waals surface area (Å²) in [5, 5.41) is 5.33. The molecule has 0 atom stereocenters. The number of rotatable bonds is 6. The van der Waals surface area contributed by atoms with E-state index in [1.807, 2.05) is 6.07 Å². The molecule has 0 unspecified atom stereocenters. The third kappa shape index (κ3) is 4.11. The molecule has 2 aromatic rings. The Bertz CT molecular complexity index is 744. The second-order valence-corrected chi connectivity index (χ2v) is 5.08. The lowest BCUT2D eigenvalue weighted by molar-refractivity contribution is 0.0961.